The smallest absolute Gasteiger partial charge is 0.212 e. The predicted octanol–water partition coefficient (Wildman–Crippen LogP) is 3.73. The average Bonchev–Trinajstić information content (AvgIpc) is 2.70. The topological polar surface area (TPSA) is 77.2 Å². The van der Waals surface area contributed by atoms with Crippen LogP contribution >= 0.6 is 0 Å². The van der Waals surface area contributed by atoms with E-state index in [1.165, 1.54) is 11.1 Å². The molecule has 0 radical (unpaired) electrons. The van der Waals surface area contributed by atoms with Gasteiger partial charge in [0.25, 0.3) is 0 Å². The van der Waals surface area contributed by atoms with Crippen molar-refractivity contribution >= 4 is 12.2 Å². The number of aromatic nitrogens is 1. The standard InChI is InChI=1S/C21H21N3O2/c22-13-18(17-4-2-1-3-5-17)12-16-6-8-19(9-7-16)26-20-10-11-21(23-14-20)24-15-25/h1-11,14-15,18H,12-13,22H2,(H,23,24,25). The first-order valence-electron chi connectivity index (χ1n) is 8.46. The molecule has 0 aliphatic rings. The second kappa shape index (κ2) is 8.78. The fourth-order valence-electron chi connectivity index (χ4n) is 2.76. The highest BCUT2D eigenvalue weighted by atomic mass is 16.5. The molecule has 0 aliphatic carbocycles. The van der Waals surface area contributed by atoms with Crippen LogP contribution in [-0.2, 0) is 11.2 Å². The molecular weight excluding hydrogens is 326 g/mol. The lowest BCUT2D eigenvalue weighted by molar-refractivity contribution is -0.105. The summed E-state index contributed by atoms with van der Waals surface area (Å²) < 4.78 is 5.78. The molecule has 3 rings (SSSR count). The minimum Gasteiger partial charge on any atom is -0.456 e. The van der Waals surface area contributed by atoms with E-state index >= 15 is 0 Å². The Hall–Kier alpha value is -3.18. The molecule has 26 heavy (non-hydrogen) atoms. The van der Waals surface area contributed by atoms with Crippen molar-refractivity contribution < 1.29 is 9.53 Å². The fourth-order valence-corrected chi connectivity index (χ4v) is 2.76. The number of hydrogen-bond donors (Lipinski definition) is 2. The van der Waals surface area contributed by atoms with E-state index in [0.29, 0.717) is 30.4 Å². The largest absolute Gasteiger partial charge is 0.456 e. The highest BCUT2D eigenvalue weighted by molar-refractivity contribution is 5.68. The van der Waals surface area contributed by atoms with Gasteiger partial charge >= 0.3 is 0 Å². The lowest BCUT2D eigenvalue weighted by Crippen LogP contribution is -2.14. The Morgan fingerprint density at radius 1 is 1.00 bits per heavy atom. The van der Waals surface area contributed by atoms with E-state index in [1.54, 1.807) is 18.3 Å². The molecule has 5 heteroatoms. The Kier molecular flexibility index (Phi) is 5.96. The van der Waals surface area contributed by atoms with Gasteiger partial charge in [-0.15, -0.1) is 0 Å². The van der Waals surface area contributed by atoms with Crippen LogP contribution in [0.25, 0.3) is 0 Å². The second-order valence-electron chi connectivity index (χ2n) is 5.93. The van der Waals surface area contributed by atoms with Gasteiger partial charge in [-0.25, -0.2) is 4.98 Å². The molecule has 0 bridgehead atoms. The van der Waals surface area contributed by atoms with Gasteiger partial charge in [0, 0.05) is 5.92 Å². The first-order valence-corrected chi connectivity index (χ1v) is 8.46. The van der Waals surface area contributed by atoms with E-state index in [1.807, 2.05) is 30.3 Å². The van der Waals surface area contributed by atoms with Crippen molar-refractivity contribution in [2.45, 2.75) is 12.3 Å². The predicted molar refractivity (Wildman–Crippen MR) is 102 cm³/mol. The zero-order chi connectivity index (χ0) is 18.2. The van der Waals surface area contributed by atoms with Crippen molar-refractivity contribution in [1.82, 2.24) is 4.98 Å². The molecule has 0 saturated carbocycles. The summed E-state index contributed by atoms with van der Waals surface area (Å²) in [6.45, 7) is 0.606. The van der Waals surface area contributed by atoms with E-state index in [-0.39, 0.29) is 0 Å². The van der Waals surface area contributed by atoms with Crippen molar-refractivity contribution in [1.29, 1.82) is 0 Å². The molecule has 1 unspecified atom stereocenters. The SMILES string of the molecule is NCC(Cc1ccc(Oc2ccc(NC=O)nc2)cc1)c1ccccc1. The molecule has 2 aromatic carbocycles. The van der Waals surface area contributed by atoms with Crippen molar-refractivity contribution in [3.05, 3.63) is 84.1 Å². The van der Waals surface area contributed by atoms with Crippen LogP contribution in [0, 0.1) is 0 Å². The van der Waals surface area contributed by atoms with E-state index in [0.717, 1.165) is 12.2 Å². The summed E-state index contributed by atoms with van der Waals surface area (Å²) in [6.07, 6.45) is 3.04. The maximum atomic E-state index is 10.4. The number of carbonyl (C=O) groups excluding carboxylic acids is 1. The van der Waals surface area contributed by atoms with Gasteiger partial charge in [0.2, 0.25) is 6.41 Å². The maximum Gasteiger partial charge on any atom is 0.212 e. The molecule has 1 atom stereocenters. The molecule has 1 heterocycles. The minimum atomic E-state index is 0.296. The van der Waals surface area contributed by atoms with Crippen molar-refractivity contribution in [2.75, 3.05) is 11.9 Å². The van der Waals surface area contributed by atoms with Crippen LogP contribution in [0.15, 0.2) is 72.9 Å². The highest BCUT2D eigenvalue weighted by Gasteiger charge is 2.10. The van der Waals surface area contributed by atoms with Crippen molar-refractivity contribution in [3.63, 3.8) is 0 Å². The first-order chi connectivity index (χ1) is 12.8. The zero-order valence-electron chi connectivity index (χ0n) is 14.3. The number of ether oxygens (including phenoxy) is 1. The van der Waals surface area contributed by atoms with Crippen molar-refractivity contribution in [3.8, 4) is 11.5 Å². The molecule has 132 valence electrons. The number of hydrogen-bond acceptors (Lipinski definition) is 4. The third-order valence-corrected chi connectivity index (χ3v) is 4.14. The Bertz CT molecular complexity index is 818. The van der Waals surface area contributed by atoms with Gasteiger partial charge in [0.15, 0.2) is 0 Å². The number of benzene rings is 2. The number of carbonyl (C=O) groups is 1. The number of rotatable bonds is 8. The van der Waals surface area contributed by atoms with Gasteiger partial charge in [-0.3, -0.25) is 4.79 Å². The molecule has 1 amide bonds. The van der Waals surface area contributed by atoms with E-state index in [2.05, 4.69) is 34.6 Å². The summed E-state index contributed by atoms with van der Waals surface area (Å²) in [4.78, 5) is 14.5. The van der Waals surface area contributed by atoms with Crippen LogP contribution in [0.1, 0.15) is 17.0 Å². The van der Waals surface area contributed by atoms with Gasteiger partial charge in [-0.2, -0.15) is 0 Å². The summed E-state index contributed by atoms with van der Waals surface area (Å²) in [5, 5.41) is 2.49. The summed E-state index contributed by atoms with van der Waals surface area (Å²) in [5.41, 5.74) is 8.42. The van der Waals surface area contributed by atoms with E-state index in [9.17, 15) is 4.79 Å². The molecule has 3 N–H and O–H groups in total. The zero-order valence-corrected chi connectivity index (χ0v) is 14.3. The monoisotopic (exact) mass is 347 g/mol. The van der Waals surface area contributed by atoms with Gasteiger partial charge < -0.3 is 15.8 Å². The number of nitrogens with zero attached hydrogens (tertiary/aromatic N) is 1. The van der Waals surface area contributed by atoms with Gasteiger partial charge in [-0.05, 0) is 48.4 Å². The summed E-state index contributed by atoms with van der Waals surface area (Å²) >= 11 is 0. The van der Waals surface area contributed by atoms with Crippen LogP contribution in [0.4, 0.5) is 5.82 Å². The van der Waals surface area contributed by atoms with Crippen LogP contribution in [0.2, 0.25) is 0 Å². The van der Waals surface area contributed by atoms with Crippen LogP contribution in [0.5, 0.6) is 11.5 Å². The average molecular weight is 347 g/mol. The Labute approximate surface area is 152 Å². The third kappa shape index (κ3) is 4.68. The van der Waals surface area contributed by atoms with Crippen molar-refractivity contribution in [2.24, 2.45) is 5.73 Å². The molecule has 0 fully saturated rings. The molecule has 1 aromatic heterocycles. The molecular formula is C21H21N3O2. The summed E-state index contributed by atoms with van der Waals surface area (Å²) in [5.74, 6) is 2.12. The number of nitrogens with one attached hydrogen (secondary N) is 1. The van der Waals surface area contributed by atoms with Crippen LogP contribution in [-0.4, -0.2) is 17.9 Å². The third-order valence-electron chi connectivity index (χ3n) is 4.14. The first kappa shape index (κ1) is 17.6. The molecule has 3 aromatic rings. The van der Waals surface area contributed by atoms with Gasteiger partial charge in [-0.1, -0.05) is 42.5 Å². The Morgan fingerprint density at radius 2 is 1.73 bits per heavy atom. The number of pyridine rings is 1. The quantitative estimate of drug-likeness (QED) is 0.609. The number of nitrogens with two attached hydrogens (primary N) is 1. The van der Waals surface area contributed by atoms with E-state index in [4.69, 9.17) is 10.5 Å². The Balaban J connectivity index is 1.63. The second-order valence-corrected chi connectivity index (χ2v) is 5.93. The summed E-state index contributed by atoms with van der Waals surface area (Å²) in [7, 11) is 0. The highest BCUT2D eigenvalue weighted by Crippen LogP contribution is 2.24. The Morgan fingerprint density at radius 3 is 2.35 bits per heavy atom. The fraction of sp³-hybridized carbons (Fsp3) is 0.143. The molecule has 0 spiro atoms. The lowest BCUT2D eigenvalue weighted by atomic mass is 9.92. The summed E-state index contributed by atoms with van der Waals surface area (Å²) in [6, 6.07) is 21.7. The maximum absolute atomic E-state index is 10.4. The number of anilines is 1. The molecule has 5 nitrogen and oxygen atoms in total. The molecule has 0 aliphatic heterocycles. The van der Waals surface area contributed by atoms with Gasteiger partial charge in [0.05, 0.1) is 6.20 Å². The van der Waals surface area contributed by atoms with Crippen LogP contribution < -0.4 is 15.8 Å². The van der Waals surface area contributed by atoms with E-state index < -0.39 is 0 Å². The number of amides is 1. The minimum absolute atomic E-state index is 0.296. The lowest BCUT2D eigenvalue weighted by Gasteiger charge is -2.15. The normalized spacial score (nSPS) is 11.6. The van der Waals surface area contributed by atoms with Crippen LogP contribution in [0.3, 0.4) is 0 Å². The van der Waals surface area contributed by atoms with Gasteiger partial charge in [0.1, 0.15) is 17.3 Å². The molecule has 0 saturated heterocycles.